The SMILES string of the molecule is CCN1C(Cc2ccccc2)C(=O)N(C)c2ccc(Cl)cc2C1c1ccccc1Cl. The van der Waals surface area contributed by atoms with Crippen LogP contribution in [0.25, 0.3) is 0 Å². The van der Waals surface area contributed by atoms with E-state index in [9.17, 15) is 4.79 Å². The van der Waals surface area contributed by atoms with Crippen LogP contribution in [0.2, 0.25) is 10.0 Å². The van der Waals surface area contributed by atoms with E-state index in [0.717, 1.165) is 22.4 Å². The number of hydrogen-bond acceptors (Lipinski definition) is 2. The normalized spacial score (nSPS) is 19.5. The fourth-order valence-electron chi connectivity index (χ4n) is 4.38. The molecular weight excluding hydrogens is 415 g/mol. The smallest absolute Gasteiger partial charge is 0.244 e. The number of carbonyl (C=O) groups is 1. The molecule has 5 heteroatoms. The highest BCUT2D eigenvalue weighted by Crippen LogP contribution is 2.43. The number of fused-ring (bicyclic) bond motifs is 1. The van der Waals surface area contributed by atoms with Crippen molar-refractivity contribution in [1.82, 2.24) is 4.90 Å². The van der Waals surface area contributed by atoms with Crippen molar-refractivity contribution in [2.24, 2.45) is 0 Å². The molecule has 1 aliphatic heterocycles. The molecule has 2 unspecified atom stereocenters. The molecule has 1 amide bonds. The number of amides is 1. The van der Waals surface area contributed by atoms with Crippen molar-refractivity contribution < 1.29 is 4.79 Å². The molecule has 1 heterocycles. The van der Waals surface area contributed by atoms with Crippen molar-refractivity contribution in [3.63, 3.8) is 0 Å². The van der Waals surface area contributed by atoms with Crippen LogP contribution in [0.4, 0.5) is 5.69 Å². The molecule has 2 atom stereocenters. The third-order valence-corrected chi connectivity index (χ3v) is 6.41. The second kappa shape index (κ2) is 8.81. The van der Waals surface area contributed by atoms with Crippen molar-refractivity contribution >= 4 is 34.8 Å². The molecule has 0 saturated carbocycles. The minimum absolute atomic E-state index is 0.0684. The summed E-state index contributed by atoms with van der Waals surface area (Å²) < 4.78 is 0. The van der Waals surface area contributed by atoms with Gasteiger partial charge >= 0.3 is 0 Å². The van der Waals surface area contributed by atoms with Crippen LogP contribution >= 0.6 is 23.2 Å². The Balaban J connectivity index is 1.92. The Kier molecular flexibility index (Phi) is 6.14. The summed E-state index contributed by atoms with van der Waals surface area (Å²) in [6.07, 6.45) is 0.626. The van der Waals surface area contributed by atoms with Gasteiger partial charge in [-0.2, -0.15) is 0 Å². The number of carbonyl (C=O) groups excluding carboxylic acids is 1. The maximum atomic E-state index is 13.6. The average molecular weight is 439 g/mol. The van der Waals surface area contributed by atoms with E-state index in [4.69, 9.17) is 23.2 Å². The molecule has 0 fully saturated rings. The van der Waals surface area contributed by atoms with Crippen molar-refractivity contribution in [2.75, 3.05) is 18.5 Å². The zero-order chi connectivity index (χ0) is 21.3. The maximum Gasteiger partial charge on any atom is 0.244 e. The molecule has 3 nitrogen and oxygen atoms in total. The number of likely N-dealkylation sites (N-methyl/N-ethyl adjacent to an activating group) is 2. The largest absolute Gasteiger partial charge is 0.314 e. The van der Waals surface area contributed by atoms with Crippen LogP contribution in [0.1, 0.15) is 29.7 Å². The molecule has 1 aliphatic rings. The van der Waals surface area contributed by atoms with Gasteiger partial charge in [-0.25, -0.2) is 0 Å². The van der Waals surface area contributed by atoms with Gasteiger partial charge in [-0.3, -0.25) is 9.69 Å². The van der Waals surface area contributed by atoms with Gasteiger partial charge in [-0.1, -0.05) is 78.7 Å². The highest BCUT2D eigenvalue weighted by atomic mass is 35.5. The fourth-order valence-corrected chi connectivity index (χ4v) is 4.80. The van der Waals surface area contributed by atoms with Gasteiger partial charge in [0.1, 0.15) is 0 Å². The Morgan fingerprint density at radius 2 is 1.60 bits per heavy atom. The van der Waals surface area contributed by atoms with E-state index in [1.165, 1.54) is 0 Å². The molecule has 0 bridgehead atoms. The molecule has 3 aromatic carbocycles. The molecule has 4 rings (SSSR count). The lowest BCUT2D eigenvalue weighted by atomic mass is 9.94. The van der Waals surface area contributed by atoms with Gasteiger partial charge in [-0.05, 0) is 53.9 Å². The predicted octanol–water partition coefficient (Wildman–Crippen LogP) is 5.99. The Hall–Kier alpha value is -2.33. The molecule has 3 aromatic rings. The second-order valence-electron chi connectivity index (χ2n) is 7.56. The topological polar surface area (TPSA) is 23.6 Å². The van der Waals surface area contributed by atoms with E-state index < -0.39 is 0 Å². The van der Waals surface area contributed by atoms with Crippen molar-refractivity contribution in [3.8, 4) is 0 Å². The minimum Gasteiger partial charge on any atom is -0.314 e. The zero-order valence-corrected chi connectivity index (χ0v) is 18.6. The van der Waals surface area contributed by atoms with Gasteiger partial charge < -0.3 is 4.90 Å². The third-order valence-electron chi connectivity index (χ3n) is 5.83. The summed E-state index contributed by atoms with van der Waals surface area (Å²) in [6.45, 7) is 2.78. The molecule has 0 N–H and O–H groups in total. The lowest BCUT2D eigenvalue weighted by Gasteiger charge is -2.35. The first-order valence-electron chi connectivity index (χ1n) is 10.1. The fraction of sp³-hybridized carbons (Fsp3) is 0.240. The molecule has 154 valence electrons. The van der Waals surface area contributed by atoms with Crippen molar-refractivity contribution in [2.45, 2.75) is 25.4 Å². The molecule has 0 radical (unpaired) electrons. The quantitative estimate of drug-likeness (QED) is 0.499. The first-order valence-corrected chi connectivity index (χ1v) is 10.9. The lowest BCUT2D eigenvalue weighted by Crippen LogP contribution is -2.48. The maximum absolute atomic E-state index is 13.6. The van der Waals surface area contributed by atoms with Crippen molar-refractivity contribution in [3.05, 3.63) is 99.5 Å². The van der Waals surface area contributed by atoms with Crippen LogP contribution in [0.5, 0.6) is 0 Å². The molecule has 0 aliphatic carbocycles. The Morgan fingerprint density at radius 3 is 2.30 bits per heavy atom. The van der Waals surface area contributed by atoms with Crippen LogP contribution in [0.15, 0.2) is 72.8 Å². The zero-order valence-electron chi connectivity index (χ0n) is 17.1. The van der Waals surface area contributed by atoms with Crippen LogP contribution in [-0.4, -0.2) is 30.4 Å². The summed E-state index contributed by atoms with van der Waals surface area (Å²) in [5.41, 5.74) is 3.96. The van der Waals surface area contributed by atoms with Gasteiger partial charge in [0, 0.05) is 22.8 Å². The van der Waals surface area contributed by atoms with Crippen LogP contribution < -0.4 is 4.90 Å². The van der Waals surface area contributed by atoms with Crippen LogP contribution in [0.3, 0.4) is 0 Å². The number of halogens is 2. The molecular formula is C25H24Cl2N2O. The minimum atomic E-state index is -0.324. The van der Waals surface area contributed by atoms with Gasteiger partial charge in [0.15, 0.2) is 0 Å². The third kappa shape index (κ3) is 3.85. The van der Waals surface area contributed by atoms with E-state index in [2.05, 4.69) is 24.0 Å². The molecule has 30 heavy (non-hydrogen) atoms. The highest BCUT2D eigenvalue weighted by Gasteiger charge is 2.40. The van der Waals surface area contributed by atoms with E-state index in [0.29, 0.717) is 23.0 Å². The predicted molar refractivity (Wildman–Crippen MR) is 124 cm³/mol. The van der Waals surface area contributed by atoms with E-state index in [1.807, 2.05) is 67.7 Å². The summed E-state index contributed by atoms with van der Waals surface area (Å²) in [4.78, 5) is 17.7. The highest BCUT2D eigenvalue weighted by molar-refractivity contribution is 6.31. The summed E-state index contributed by atoms with van der Waals surface area (Å²) in [7, 11) is 1.84. The van der Waals surface area contributed by atoms with Crippen molar-refractivity contribution in [1.29, 1.82) is 0 Å². The number of rotatable bonds is 4. The van der Waals surface area contributed by atoms with Gasteiger partial charge in [0.2, 0.25) is 5.91 Å². The number of hydrogen-bond donors (Lipinski definition) is 0. The number of nitrogens with zero attached hydrogens (tertiary/aromatic N) is 2. The van der Waals surface area contributed by atoms with Crippen LogP contribution in [0, 0.1) is 0 Å². The summed E-state index contributed by atoms with van der Waals surface area (Å²) in [6, 6.07) is 23.2. The van der Waals surface area contributed by atoms with Gasteiger partial charge in [-0.15, -0.1) is 0 Å². The number of benzene rings is 3. The molecule has 0 aromatic heterocycles. The number of anilines is 1. The second-order valence-corrected chi connectivity index (χ2v) is 8.40. The average Bonchev–Trinajstić information content (AvgIpc) is 2.84. The van der Waals surface area contributed by atoms with E-state index in [-0.39, 0.29) is 18.0 Å². The first-order chi connectivity index (χ1) is 14.5. The van der Waals surface area contributed by atoms with Gasteiger partial charge in [0.05, 0.1) is 12.1 Å². The molecule has 0 spiro atoms. The molecule has 0 saturated heterocycles. The monoisotopic (exact) mass is 438 g/mol. The summed E-state index contributed by atoms with van der Waals surface area (Å²) in [5.74, 6) is 0.0684. The van der Waals surface area contributed by atoms with E-state index >= 15 is 0 Å². The standard InChI is InChI=1S/C25H24Cl2N2O/c1-3-29-23(15-17-9-5-4-6-10-17)25(30)28(2)22-14-13-18(26)16-20(22)24(29)19-11-7-8-12-21(19)27/h4-14,16,23-24H,3,15H2,1-2H3. The van der Waals surface area contributed by atoms with E-state index in [1.54, 1.807) is 4.90 Å². The first kappa shape index (κ1) is 20.9. The Morgan fingerprint density at radius 1 is 0.900 bits per heavy atom. The summed E-state index contributed by atoms with van der Waals surface area (Å²) >= 11 is 13.1. The lowest BCUT2D eigenvalue weighted by molar-refractivity contribution is -0.123. The Labute approximate surface area is 187 Å². The summed E-state index contributed by atoms with van der Waals surface area (Å²) in [5, 5.41) is 1.33. The Bertz CT molecular complexity index is 1050. The van der Waals surface area contributed by atoms with Gasteiger partial charge in [0.25, 0.3) is 0 Å². The van der Waals surface area contributed by atoms with Crippen LogP contribution in [-0.2, 0) is 11.2 Å².